The number of methoxy groups -OCH3 is 1. The predicted molar refractivity (Wildman–Crippen MR) is 90.7 cm³/mol. The average molecular weight is 415 g/mol. The van der Waals surface area contributed by atoms with Gasteiger partial charge in [-0.05, 0) is 59.3 Å². The molecule has 0 fully saturated rings. The van der Waals surface area contributed by atoms with Crippen LogP contribution in [0.2, 0.25) is 0 Å². The largest absolute Gasteiger partial charge is 0.486 e. The standard InChI is InChI=1S/C16H15FINO3/c1-10-6-7-15(12(17)8-10)22-9-11-13(18)4-3-5-14(11)19-16(20)21-2/h3-8H,9H2,1-2H3,(H,19,20). The molecule has 0 aliphatic heterocycles. The van der Waals surface area contributed by atoms with E-state index >= 15 is 0 Å². The summed E-state index contributed by atoms with van der Waals surface area (Å²) in [4.78, 5) is 11.4. The molecule has 0 heterocycles. The van der Waals surface area contributed by atoms with E-state index in [2.05, 4.69) is 32.6 Å². The van der Waals surface area contributed by atoms with E-state index in [-0.39, 0.29) is 12.4 Å². The normalized spacial score (nSPS) is 10.2. The lowest BCUT2D eigenvalue weighted by atomic mass is 10.2. The predicted octanol–water partition coefficient (Wildman–Crippen LogP) is 4.50. The van der Waals surface area contributed by atoms with Gasteiger partial charge in [-0.3, -0.25) is 5.32 Å². The van der Waals surface area contributed by atoms with Gasteiger partial charge in [0.05, 0.1) is 12.8 Å². The van der Waals surface area contributed by atoms with E-state index in [9.17, 15) is 9.18 Å². The summed E-state index contributed by atoms with van der Waals surface area (Å²) in [6.07, 6.45) is -0.565. The average Bonchev–Trinajstić information content (AvgIpc) is 2.48. The van der Waals surface area contributed by atoms with E-state index in [1.165, 1.54) is 13.2 Å². The van der Waals surface area contributed by atoms with Crippen LogP contribution in [-0.4, -0.2) is 13.2 Å². The number of aryl methyl sites for hydroxylation is 1. The second-order valence-electron chi connectivity index (χ2n) is 4.61. The Morgan fingerprint density at radius 1 is 1.32 bits per heavy atom. The molecule has 1 N–H and O–H groups in total. The summed E-state index contributed by atoms with van der Waals surface area (Å²) in [7, 11) is 1.29. The molecule has 0 aliphatic carbocycles. The molecule has 6 heteroatoms. The molecule has 2 rings (SSSR count). The zero-order valence-electron chi connectivity index (χ0n) is 12.2. The fraction of sp³-hybridized carbons (Fsp3) is 0.188. The number of hydrogen-bond donors (Lipinski definition) is 1. The van der Waals surface area contributed by atoms with Crippen molar-refractivity contribution in [3.63, 3.8) is 0 Å². The third-order valence-electron chi connectivity index (χ3n) is 3.00. The molecule has 22 heavy (non-hydrogen) atoms. The molecule has 0 aliphatic rings. The van der Waals surface area contributed by atoms with Crippen LogP contribution >= 0.6 is 22.6 Å². The van der Waals surface area contributed by atoms with Gasteiger partial charge in [0.15, 0.2) is 11.6 Å². The van der Waals surface area contributed by atoms with Crippen LogP contribution in [0.1, 0.15) is 11.1 Å². The SMILES string of the molecule is COC(=O)Nc1cccc(I)c1COc1ccc(C)cc1F. The highest BCUT2D eigenvalue weighted by atomic mass is 127. The lowest BCUT2D eigenvalue weighted by Crippen LogP contribution is -2.14. The zero-order valence-corrected chi connectivity index (χ0v) is 14.3. The molecule has 0 spiro atoms. The molecule has 0 atom stereocenters. The maximum atomic E-state index is 13.8. The fourth-order valence-electron chi connectivity index (χ4n) is 1.86. The van der Waals surface area contributed by atoms with Crippen LogP contribution < -0.4 is 10.1 Å². The topological polar surface area (TPSA) is 47.6 Å². The minimum Gasteiger partial charge on any atom is -0.486 e. The summed E-state index contributed by atoms with van der Waals surface area (Å²) in [5.74, 6) is -0.234. The first-order chi connectivity index (χ1) is 10.5. The Balaban J connectivity index is 2.19. The fourth-order valence-corrected chi connectivity index (χ4v) is 2.51. The molecule has 0 saturated heterocycles. The van der Waals surface area contributed by atoms with Gasteiger partial charge in [0.25, 0.3) is 0 Å². The van der Waals surface area contributed by atoms with E-state index in [4.69, 9.17) is 4.74 Å². The van der Waals surface area contributed by atoms with Gasteiger partial charge in [-0.1, -0.05) is 12.1 Å². The smallest absolute Gasteiger partial charge is 0.411 e. The molecule has 2 aromatic rings. The number of hydrogen-bond acceptors (Lipinski definition) is 3. The first-order valence-corrected chi connectivity index (χ1v) is 7.60. The van der Waals surface area contributed by atoms with Crippen molar-refractivity contribution in [2.24, 2.45) is 0 Å². The monoisotopic (exact) mass is 415 g/mol. The number of nitrogens with one attached hydrogen (secondary N) is 1. The second-order valence-corrected chi connectivity index (χ2v) is 5.77. The number of rotatable bonds is 4. The van der Waals surface area contributed by atoms with Gasteiger partial charge in [0.1, 0.15) is 6.61 Å². The van der Waals surface area contributed by atoms with Gasteiger partial charge in [0.2, 0.25) is 0 Å². The lowest BCUT2D eigenvalue weighted by Gasteiger charge is -2.14. The van der Waals surface area contributed by atoms with Crippen molar-refractivity contribution in [2.45, 2.75) is 13.5 Å². The Kier molecular flexibility index (Phi) is 5.59. The Labute approximate surface area is 141 Å². The number of carbonyl (C=O) groups is 1. The van der Waals surface area contributed by atoms with E-state index in [0.717, 1.165) is 14.7 Å². The molecule has 0 saturated carbocycles. The van der Waals surface area contributed by atoms with Crippen molar-refractivity contribution in [1.29, 1.82) is 0 Å². The Morgan fingerprint density at radius 3 is 2.77 bits per heavy atom. The second kappa shape index (κ2) is 7.44. The van der Waals surface area contributed by atoms with Gasteiger partial charge in [-0.15, -0.1) is 0 Å². The maximum absolute atomic E-state index is 13.8. The molecule has 0 unspecified atom stereocenters. The molecule has 0 bridgehead atoms. The highest BCUT2D eigenvalue weighted by Crippen LogP contribution is 2.25. The molecule has 1 amide bonds. The molecule has 4 nitrogen and oxygen atoms in total. The highest BCUT2D eigenvalue weighted by Gasteiger charge is 2.12. The van der Waals surface area contributed by atoms with Crippen molar-refractivity contribution in [2.75, 3.05) is 12.4 Å². The van der Waals surface area contributed by atoms with Crippen LogP contribution in [0.5, 0.6) is 5.75 Å². The summed E-state index contributed by atoms with van der Waals surface area (Å²) in [6, 6.07) is 10.2. The van der Waals surface area contributed by atoms with Crippen LogP contribution in [0, 0.1) is 16.3 Å². The number of amides is 1. The molecular formula is C16H15FINO3. The Bertz CT molecular complexity index is 691. The minimum atomic E-state index is -0.565. The van der Waals surface area contributed by atoms with E-state index < -0.39 is 11.9 Å². The summed E-state index contributed by atoms with van der Waals surface area (Å²) in [5, 5.41) is 2.62. The van der Waals surface area contributed by atoms with Crippen LogP contribution in [0.25, 0.3) is 0 Å². The number of carbonyl (C=O) groups excluding carboxylic acids is 1. The summed E-state index contributed by atoms with van der Waals surface area (Å²) >= 11 is 2.14. The summed E-state index contributed by atoms with van der Waals surface area (Å²) in [6.45, 7) is 1.95. The molecule has 116 valence electrons. The number of anilines is 1. The number of ether oxygens (including phenoxy) is 2. The summed E-state index contributed by atoms with van der Waals surface area (Å²) in [5.41, 5.74) is 2.16. The van der Waals surface area contributed by atoms with Gasteiger partial charge < -0.3 is 9.47 Å². The maximum Gasteiger partial charge on any atom is 0.411 e. The van der Waals surface area contributed by atoms with Gasteiger partial charge >= 0.3 is 6.09 Å². The first-order valence-electron chi connectivity index (χ1n) is 6.52. The lowest BCUT2D eigenvalue weighted by molar-refractivity contribution is 0.187. The molecular weight excluding hydrogens is 400 g/mol. The Hall–Kier alpha value is -1.83. The van der Waals surface area contributed by atoms with Crippen molar-refractivity contribution < 1.29 is 18.7 Å². The molecule has 0 aromatic heterocycles. The van der Waals surface area contributed by atoms with E-state index in [0.29, 0.717) is 5.69 Å². The van der Waals surface area contributed by atoms with E-state index in [1.54, 1.807) is 18.2 Å². The number of halogens is 2. The van der Waals surface area contributed by atoms with Crippen LogP contribution in [0.15, 0.2) is 36.4 Å². The van der Waals surface area contributed by atoms with Crippen molar-refractivity contribution in [1.82, 2.24) is 0 Å². The number of benzene rings is 2. The minimum absolute atomic E-state index is 0.137. The van der Waals surface area contributed by atoms with Gasteiger partial charge in [0, 0.05) is 9.13 Å². The molecule has 2 aromatic carbocycles. The van der Waals surface area contributed by atoms with Crippen molar-refractivity contribution in [3.8, 4) is 5.75 Å². The third kappa shape index (κ3) is 4.09. The van der Waals surface area contributed by atoms with Gasteiger partial charge in [-0.2, -0.15) is 0 Å². The van der Waals surface area contributed by atoms with Crippen LogP contribution in [0.3, 0.4) is 0 Å². The highest BCUT2D eigenvalue weighted by molar-refractivity contribution is 14.1. The zero-order chi connectivity index (χ0) is 16.1. The van der Waals surface area contributed by atoms with Crippen molar-refractivity contribution in [3.05, 3.63) is 56.9 Å². The van der Waals surface area contributed by atoms with E-state index in [1.807, 2.05) is 19.1 Å². The Morgan fingerprint density at radius 2 is 2.09 bits per heavy atom. The molecule has 0 radical (unpaired) electrons. The van der Waals surface area contributed by atoms with Gasteiger partial charge in [-0.25, -0.2) is 9.18 Å². The summed E-state index contributed by atoms with van der Waals surface area (Å²) < 4.78 is 24.8. The first kappa shape index (κ1) is 16.5. The van der Waals surface area contributed by atoms with Crippen molar-refractivity contribution >= 4 is 34.4 Å². The van der Waals surface area contributed by atoms with Crippen LogP contribution in [-0.2, 0) is 11.3 Å². The quantitative estimate of drug-likeness (QED) is 0.749. The van der Waals surface area contributed by atoms with Crippen LogP contribution in [0.4, 0.5) is 14.9 Å². The third-order valence-corrected chi connectivity index (χ3v) is 4.01.